The molecule has 0 bridgehead atoms. The molecule has 0 atom stereocenters. The third-order valence-corrected chi connectivity index (χ3v) is 4.72. The van der Waals surface area contributed by atoms with Gasteiger partial charge in [-0.3, -0.25) is 19.3 Å². The van der Waals surface area contributed by atoms with E-state index in [1.807, 2.05) is 0 Å². The van der Waals surface area contributed by atoms with Crippen LogP contribution in [0.2, 0.25) is 0 Å². The van der Waals surface area contributed by atoms with E-state index in [1.54, 1.807) is 24.3 Å². The van der Waals surface area contributed by atoms with Gasteiger partial charge in [-0.2, -0.15) is 0 Å². The number of amides is 3. The first kappa shape index (κ1) is 15.7. The molecule has 1 saturated heterocycles. The van der Waals surface area contributed by atoms with Crippen LogP contribution in [-0.4, -0.2) is 53.7 Å². The summed E-state index contributed by atoms with van der Waals surface area (Å²) < 4.78 is 0. The van der Waals surface area contributed by atoms with Crippen LogP contribution in [0.15, 0.2) is 24.3 Å². The monoisotopic (exact) mass is 315 g/mol. The summed E-state index contributed by atoms with van der Waals surface area (Å²) in [7, 11) is 0. The van der Waals surface area contributed by atoms with Gasteiger partial charge in [0.15, 0.2) is 0 Å². The molecule has 6 nitrogen and oxygen atoms in total. The number of benzene rings is 1. The first-order valence-corrected chi connectivity index (χ1v) is 8.05. The van der Waals surface area contributed by atoms with Crippen molar-refractivity contribution in [2.24, 2.45) is 11.7 Å². The lowest BCUT2D eigenvalue weighted by atomic mass is 9.96. The fraction of sp³-hybridized carbons (Fsp3) is 0.471. The lowest BCUT2D eigenvalue weighted by Gasteiger charge is -2.30. The average molecular weight is 315 g/mol. The molecule has 0 radical (unpaired) electrons. The Bertz CT molecular complexity index is 601. The second-order valence-electron chi connectivity index (χ2n) is 6.18. The van der Waals surface area contributed by atoms with Crippen molar-refractivity contribution in [3.8, 4) is 0 Å². The third-order valence-electron chi connectivity index (χ3n) is 4.72. The molecule has 23 heavy (non-hydrogen) atoms. The Morgan fingerprint density at radius 2 is 1.61 bits per heavy atom. The highest BCUT2D eigenvalue weighted by atomic mass is 16.2. The zero-order chi connectivity index (χ0) is 16.4. The quantitative estimate of drug-likeness (QED) is 0.817. The number of piperidine rings is 1. The lowest BCUT2D eigenvalue weighted by molar-refractivity contribution is -0.123. The van der Waals surface area contributed by atoms with E-state index in [0.29, 0.717) is 17.7 Å². The molecule has 122 valence electrons. The predicted molar refractivity (Wildman–Crippen MR) is 84.8 cm³/mol. The molecule has 1 fully saturated rings. The van der Waals surface area contributed by atoms with E-state index in [4.69, 9.17) is 5.73 Å². The number of carbonyl (C=O) groups is 3. The molecular weight excluding hydrogens is 294 g/mol. The van der Waals surface area contributed by atoms with E-state index in [-0.39, 0.29) is 23.6 Å². The van der Waals surface area contributed by atoms with Crippen molar-refractivity contribution in [2.75, 3.05) is 26.2 Å². The first-order valence-electron chi connectivity index (χ1n) is 8.05. The molecule has 2 aliphatic rings. The molecule has 2 N–H and O–H groups in total. The zero-order valence-electron chi connectivity index (χ0n) is 13.0. The highest BCUT2D eigenvalue weighted by molar-refractivity contribution is 6.21. The van der Waals surface area contributed by atoms with E-state index < -0.39 is 0 Å². The van der Waals surface area contributed by atoms with E-state index in [0.717, 1.165) is 38.9 Å². The molecule has 2 heterocycles. The SMILES string of the molecule is NC(=O)C1CCN(CCCN2C(=O)c3ccccc3C2=O)CC1. The number of primary amides is 1. The lowest BCUT2D eigenvalue weighted by Crippen LogP contribution is -2.40. The Morgan fingerprint density at radius 1 is 1.04 bits per heavy atom. The maximum atomic E-state index is 12.2. The summed E-state index contributed by atoms with van der Waals surface area (Å²) in [6.45, 7) is 2.94. The fourth-order valence-corrected chi connectivity index (χ4v) is 3.34. The highest BCUT2D eigenvalue weighted by Crippen LogP contribution is 2.23. The van der Waals surface area contributed by atoms with Crippen LogP contribution in [0, 0.1) is 5.92 Å². The number of rotatable bonds is 5. The molecule has 1 aromatic rings. The van der Waals surface area contributed by atoms with Gasteiger partial charge in [0.25, 0.3) is 11.8 Å². The Balaban J connectivity index is 1.48. The van der Waals surface area contributed by atoms with Crippen molar-refractivity contribution in [3.05, 3.63) is 35.4 Å². The van der Waals surface area contributed by atoms with Gasteiger partial charge in [-0.1, -0.05) is 12.1 Å². The van der Waals surface area contributed by atoms with Crippen LogP contribution >= 0.6 is 0 Å². The van der Waals surface area contributed by atoms with Gasteiger partial charge in [0.2, 0.25) is 5.91 Å². The number of nitrogens with two attached hydrogens (primary N) is 1. The molecule has 0 aliphatic carbocycles. The Morgan fingerprint density at radius 3 is 2.13 bits per heavy atom. The number of fused-ring (bicyclic) bond motifs is 1. The van der Waals surface area contributed by atoms with Crippen molar-refractivity contribution in [2.45, 2.75) is 19.3 Å². The summed E-state index contributed by atoms with van der Waals surface area (Å²) in [5, 5.41) is 0. The normalized spacial score (nSPS) is 19.2. The highest BCUT2D eigenvalue weighted by Gasteiger charge is 2.34. The van der Waals surface area contributed by atoms with Crippen LogP contribution < -0.4 is 5.73 Å². The molecule has 6 heteroatoms. The van der Waals surface area contributed by atoms with E-state index in [1.165, 1.54) is 4.90 Å². The second-order valence-corrected chi connectivity index (χ2v) is 6.18. The summed E-state index contributed by atoms with van der Waals surface area (Å²) >= 11 is 0. The summed E-state index contributed by atoms with van der Waals surface area (Å²) in [5.41, 5.74) is 6.33. The number of hydrogen-bond acceptors (Lipinski definition) is 4. The summed E-state index contributed by atoms with van der Waals surface area (Å²) in [4.78, 5) is 39.2. The zero-order valence-corrected chi connectivity index (χ0v) is 13.0. The maximum absolute atomic E-state index is 12.2. The fourth-order valence-electron chi connectivity index (χ4n) is 3.34. The van der Waals surface area contributed by atoms with Gasteiger partial charge < -0.3 is 10.6 Å². The van der Waals surface area contributed by atoms with Crippen molar-refractivity contribution in [1.29, 1.82) is 0 Å². The van der Waals surface area contributed by atoms with Crippen LogP contribution in [0.5, 0.6) is 0 Å². The van der Waals surface area contributed by atoms with Gasteiger partial charge in [0.05, 0.1) is 11.1 Å². The largest absolute Gasteiger partial charge is 0.369 e. The molecule has 3 rings (SSSR count). The number of hydrogen-bond donors (Lipinski definition) is 1. The first-order chi connectivity index (χ1) is 11.1. The minimum atomic E-state index is -0.212. The van der Waals surface area contributed by atoms with Crippen molar-refractivity contribution in [3.63, 3.8) is 0 Å². The van der Waals surface area contributed by atoms with E-state index in [9.17, 15) is 14.4 Å². The third kappa shape index (κ3) is 3.12. The van der Waals surface area contributed by atoms with Gasteiger partial charge in [0.1, 0.15) is 0 Å². The smallest absolute Gasteiger partial charge is 0.261 e. The Labute approximate surface area is 135 Å². The molecule has 0 saturated carbocycles. The molecule has 2 aliphatic heterocycles. The molecule has 3 amide bonds. The van der Waals surface area contributed by atoms with Crippen molar-refractivity contribution in [1.82, 2.24) is 9.80 Å². The van der Waals surface area contributed by atoms with Gasteiger partial charge >= 0.3 is 0 Å². The summed E-state index contributed by atoms with van der Waals surface area (Å²) in [6.07, 6.45) is 2.33. The summed E-state index contributed by atoms with van der Waals surface area (Å²) in [5.74, 6) is -0.616. The van der Waals surface area contributed by atoms with Crippen molar-refractivity contribution >= 4 is 17.7 Å². The average Bonchev–Trinajstić information content (AvgIpc) is 2.81. The molecule has 0 unspecified atom stereocenters. The number of imide groups is 1. The van der Waals surface area contributed by atoms with Gasteiger partial charge in [-0.25, -0.2) is 0 Å². The number of carbonyl (C=O) groups excluding carboxylic acids is 3. The van der Waals surface area contributed by atoms with Gasteiger partial charge in [0, 0.05) is 12.5 Å². The van der Waals surface area contributed by atoms with E-state index in [2.05, 4.69) is 4.90 Å². The topological polar surface area (TPSA) is 83.7 Å². The number of likely N-dealkylation sites (tertiary alicyclic amines) is 1. The predicted octanol–water partition coefficient (Wildman–Crippen LogP) is 0.870. The molecular formula is C17H21N3O3. The molecule has 1 aromatic carbocycles. The van der Waals surface area contributed by atoms with Gasteiger partial charge in [-0.05, 0) is 51.0 Å². The van der Waals surface area contributed by atoms with Crippen LogP contribution in [0.3, 0.4) is 0 Å². The second kappa shape index (κ2) is 6.50. The molecule has 0 spiro atoms. The maximum Gasteiger partial charge on any atom is 0.261 e. The van der Waals surface area contributed by atoms with Crippen LogP contribution in [0.1, 0.15) is 40.0 Å². The standard InChI is InChI=1S/C17H21N3O3/c18-15(21)12-6-10-19(11-7-12)8-3-9-20-16(22)13-4-1-2-5-14(13)17(20)23/h1-2,4-5,12H,3,6-11H2,(H2,18,21). The van der Waals surface area contributed by atoms with Crippen LogP contribution in [-0.2, 0) is 4.79 Å². The van der Waals surface area contributed by atoms with Crippen LogP contribution in [0.25, 0.3) is 0 Å². The molecule has 0 aromatic heterocycles. The Kier molecular flexibility index (Phi) is 4.43. The minimum Gasteiger partial charge on any atom is -0.369 e. The van der Waals surface area contributed by atoms with Gasteiger partial charge in [-0.15, -0.1) is 0 Å². The van der Waals surface area contributed by atoms with Crippen molar-refractivity contribution < 1.29 is 14.4 Å². The number of nitrogens with zero attached hydrogens (tertiary/aromatic N) is 2. The van der Waals surface area contributed by atoms with E-state index >= 15 is 0 Å². The Hall–Kier alpha value is -2.21. The minimum absolute atomic E-state index is 0.0116. The summed E-state index contributed by atoms with van der Waals surface area (Å²) in [6, 6.07) is 6.95. The van der Waals surface area contributed by atoms with Crippen LogP contribution in [0.4, 0.5) is 0 Å².